The van der Waals surface area contributed by atoms with Gasteiger partial charge in [-0.1, -0.05) is 34.1 Å². The van der Waals surface area contributed by atoms with Crippen molar-refractivity contribution in [1.82, 2.24) is 0 Å². The zero-order valence-corrected chi connectivity index (χ0v) is 11.9. The number of benzene rings is 1. The van der Waals surface area contributed by atoms with E-state index in [-0.39, 0.29) is 0 Å². The van der Waals surface area contributed by atoms with Crippen LogP contribution in [0.4, 0.5) is 0 Å². The van der Waals surface area contributed by atoms with Crippen molar-refractivity contribution in [3.63, 3.8) is 0 Å². The van der Waals surface area contributed by atoms with Gasteiger partial charge in [0.25, 0.3) is 0 Å². The van der Waals surface area contributed by atoms with Crippen LogP contribution in [-0.4, -0.2) is 19.1 Å². The van der Waals surface area contributed by atoms with Crippen molar-refractivity contribution < 1.29 is 4.74 Å². The Kier molecular flexibility index (Phi) is 7.10. The summed E-state index contributed by atoms with van der Waals surface area (Å²) in [4.78, 5) is 0. The molecule has 0 saturated carbocycles. The molecule has 1 atom stereocenters. The second-order valence-electron chi connectivity index (χ2n) is 3.80. The molecule has 0 aliphatic heterocycles. The van der Waals surface area contributed by atoms with E-state index in [0.29, 0.717) is 11.8 Å². The van der Waals surface area contributed by atoms with Crippen molar-refractivity contribution in [2.75, 3.05) is 19.1 Å². The first-order chi connectivity index (χ1) is 7.77. The van der Waals surface area contributed by atoms with Gasteiger partial charge in [0.05, 0.1) is 0 Å². The number of hydrogen-bond donors (Lipinski definition) is 0. The van der Waals surface area contributed by atoms with Gasteiger partial charge < -0.3 is 4.74 Å². The number of halogens is 2. The molecular formula is C13H18BrClO. The largest absolute Gasteiger partial charge is 0.382 e. The van der Waals surface area contributed by atoms with Gasteiger partial charge in [0.1, 0.15) is 0 Å². The van der Waals surface area contributed by atoms with Gasteiger partial charge in [0.15, 0.2) is 0 Å². The van der Waals surface area contributed by atoms with E-state index in [2.05, 4.69) is 34.1 Å². The maximum Gasteiger partial charge on any atom is 0.0469 e. The molecule has 0 fully saturated rings. The lowest BCUT2D eigenvalue weighted by Crippen LogP contribution is -2.10. The average Bonchev–Trinajstić information content (AvgIpc) is 2.30. The first-order valence-electron chi connectivity index (χ1n) is 5.65. The molecule has 3 heteroatoms. The first-order valence-corrected chi connectivity index (χ1v) is 6.97. The smallest absolute Gasteiger partial charge is 0.0469 e. The highest BCUT2D eigenvalue weighted by Gasteiger charge is 2.10. The van der Waals surface area contributed by atoms with Crippen molar-refractivity contribution in [3.8, 4) is 0 Å². The number of rotatable bonds is 7. The summed E-state index contributed by atoms with van der Waals surface area (Å²) >= 11 is 9.54. The van der Waals surface area contributed by atoms with E-state index in [0.717, 1.165) is 26.1 Å². The number of alkyl halides is 1. The highest BCUT2D eigenvalue weighted by molar-refractivity contribution is 9.10. The summed E-state index contributed by atoms with van der Waals surface area (Å²) in [5.41, 5.74) is 1.32. The number of hydrogen-bond acceptors (Lipinski definition) is 1. The highest BCUT2D eigenvalue weighted by atomic mass is 79.9. The maximum absolute atomic E-state index is 5.98. The van der Waals surface area contributed by atoms with Crippen molar-refractivity contribution in [3.05, 3.63) is 34.3 Å². The molecule has 16 heavy (non-hydrogen) atoms. The second kappa shape index (κ2) is 8.10. The van der Waals surface area contributed by atoms with E-state index in [4.69, 9.17) is 16.3 Å². The van der Waals surface area contributed by atoms with Crippen LogP contribution < -0.4 is 0 Å². The Balaban J connectivity index is 2.46. The fourth-order valence-corrected chi connectivity index (χ4v) is 2.31. The quantitative estimate of drug-likeness (QED) is 0.540. The molecule has 1 aromatic rings. The molecule has 0 heterocycles. The Morgan fingerprint density at radius 2 is 2.12 bits per heavy atom. The van der Waals surface area contributed by atoms with Crippen molar-refractivity contribution in [1.29, 1.82) is 0 Å². The summed E-state index contributed by atoms with van der Waals surface area (Å²) in [6.07, 6.45) is 2.04. The summed E-state index contributed by atoms with van der Waals surface area (Å²) in [7, 11) is 0. The van der Waals surface area contributed by atoms with Crippen molar-refractivity contribution in [2.45, 2.75) is 19.8 Å². The molecular weight excluding hydrogens is 287 g/mol. The first kappa shape index (κ1) is 14.0. The van der Waals surface area contributed by atoms with E-state index >= 15 is 0 Å². The fourth-order valence-electron chi connectivity index (χ4n) is 1.60. The molecule has 0 aliphatic carbocycles. The lowest BCUT2D eigenvalue weighted by Gasteiger charge is -2.14. The minimum atomic E-state index is 0.493. The third-order valence-electron chi connectivity index (χ3n) is 2.56. The van der Waals surface area contributed by atoms with Crippen molar-refractivity contribution in [2.24, 2.45) is 5.92 Å². The Morgan fingerprint density at radius 3 is 2.75 bits per heavy atom. The molecule has 0 bridgehead atoms. The minimum absolute atomic E-state index is 0.493. The topological polar surface area (TPSA) is 9.23 Å². The molecule has 0 amide bonds. The Labute approximate surface area is 111 Å². The van der Waals surface area contributed by atoms with E-state index in [1.165, 1.54) is 10.0 Å². The molecule has 90 valence electrons. The minimum Gasteiger partial charge on any atom is -0.382 e. The Bertz CT molecular complexity index is 304. The van der Waals surface area contributed by atoms with Crippen LogP contribution in [0.2, 0.25) is 0 Å². The molecule has 1 rings (SSSR count). The van der Waals surface area contributed by atoms with Crippen LogP contribution in [0.1, 0.15) is 18.9 Å². The van der Waals surface area contributed by atoms with Crippen LogP contribution in [0.5, 0.6) is 0 Å². The molecule has 1 unspecified atom stereocenters. The van der Waals surface area contributed by atoms with Gasteiger partial charge in [0, 0.05) is 23.6 Å². The van der Waals surface area contributed by atoms with Gasteiger partial charge in [-0.15, -0.1) is 11.6 Å². The summed E-state index contributed by atoms with van der Waals surface area (Å²) in [5.74, 6) is 1.18. The van der Waals surface area contributed by atoms with Gasteiger partial charge in [-0.3, -0.25) is 0 Å². The zero-order valence-electron chi connectivity index (χ0n) is 9.59. The van der Waals surface area contributed by atoms with Gasteiger partial charge in [-0.05, 0) is 37.3 Å². The average molecular weight is 306 g/mol. The lowest BCUT2D eigenvalue weighted by molar-refractivity contribution is 0.134. The molecule has 0 aliphatic rings. The summed E-state index contributed by atoms with van der Waals surface area (Å²) in [6, 6.07) is 8.31. The second-order valence-corrected chi connectivity index (χ2v) is 4.96. The van der Waals surface area contributed by atoms with Gasteiger partial charge >= 0.3 is 0 Å². The third kappa shape index (κ3) is 4.86. The maximum atomic E-state index is 5.98. The normalized spacial score (nSPS) is 12.7. The summed E-state index contributed by atoms with van der Waals surface area (Å²) in [5, 5.41) is 0. The van der Waals surface area contributed by atoms with Crippen LogP contribution in [-0.2, 0) is 11.2 Å². The molecule has 1 aromatic carbocycles. The lowest BCUT2D eigenvalue weighted by atomic mass is 9.98. The van der Waals surface area contributed by atoms with E-state index in [1.807, 2.05) is 13.0 Å². The van der Waals surface area contributed by atoms with Crippen LogP contribution in [0.15, 0.2) is 28.7 Å². The van der Waals surface area contributed by atoms with E-state index < -0.39 is 0 Å². The highest BCUT2D eigenvalue weighted by Crippen LogP contribution is 2.21. The molecule has 0 saturated heterocycles. The summed E-state index contributed by atoms with van der Waals surface area (Å²) in [6.45, 7) is 3.60. The third-order valence-corrected chi connectivity index (χ3v) is 3.77. The van der Waals surface area contributed by atoms with Crippen LogP contribution >= 0.6 is 27.5 Å². The van der Waals surface area contributed by atoms with Gasteiger partial charge in [-0.2, -0.15) is 0 Å². The fraction of sp³-hybridized carbons (Fsp3) is 0.538. The number of ether oxygens (including phenoxy) is 1. The molecule has 0 aromatic heterocycles. The molecule has 1 nitrogen and oxygen atoms in total. The van der Waals surface area contributed by atoms with Crippen LogP contribution in [0.25, 0.3) is 0 Å². The van der Waals surface area contributed by atoms with Crippen LogP contribution in [0.3, 0.4) is 0 Å². The van der Waals surface area contributed by atoms with E-state index in [9.17, 15) is 0 Å². The van der Waals surface area contributed by atoms with Gasteiger partial charge in [0.2, 0.25) is 0 Å². The molecule has 0 spiro atoms. The molecule has 0 radical (unpaired) electrons. The van der Waals surface area contributed by atoms with Crippen LogP contribution in [0, 0.1) is 5.92 Å². The van der Waals surface area contributed by atoms with E-state index in [1.54, 1.807) is 0 Å². The van der Waals surface area contributed by atoms with Crippen molar-refractivity contribution >= 4 is 27.5 Å². The molecule has 0 N–H and O–H groups in total. The monoisotopic (exact) mass is 304 g/mol. The standard InChI is InChI=1S/C13H18BrClO/c1-2-16-8-7-11(10-15)9-12-5-3-4-6-13(12)14/h3-6,11H,2,7-10H2,1H3. The Morgan fingerprint density at radius 1 is 1.38 bits per heavy atom. The predicted molar refractivity (Wildman–Crippen MR) is 73.2 cm³/mol. The Hall–Kier alpha value is -0.0500. The SMILES string of the molecule is CCOCCC(CCl)Cc1ccccc1Br. The predicted octanol–water partition coefficient (Wildman–Crippen LogP) is 4.27. The zero-order chi connectivity index (χ0) is 11.8. The van der Waals surface area contributed by atoms with Gasteiger partial charge in [-0.25, -0.2) is 0 Å². The summed E-state index contributed by atoms with van der Waals surface area (Å²) < 4.78 is 6.53.